The molecule has 0 aliphatic carbocycles. The number of methoxy groups -OCH3 is 1. The molecule has 0 amide bonds. The van der Waals surface area contributed by atoms with Crippen LogP contribution in [-0.2, 0) is 21.0 Å². The Bertz CT molecular complexity index is 692. The summed E-state index contributed by atoms with van der Waals surface area (Å²) in [5.74, 6) is 0.309. The summed E-state index contributed by atoms with van der Waals surface area (Å²) in [7, 11) is 2.69. The second-order valence-electron chi connectivity index (χ2n) is 4.87. The van der Waals surface area contributed by atoms with Gasteiger partial charge < -0.3 is 14.3 Å². The van der Waals surface area contributed by atoms with Crippen molar-refractivity contribution < 1.29 is 19.1 Å². The fraction of sp³-hybridized carbons (Fsp3) is 0.222. The molecule has 0 unspecified atom stereocenters. The Morgan fingerprint density at radius 1 is 1.04 bits per heavy atom. The van der Waals surface area contributed by atoms with E-state index >= 15 is 0 Å². The van der Waals surface area contributed by atoms with Crippen LogP contribution in [0.3, 0.4) is 0 Å². The van der Waals surface area contributed by atoms with E-state index in [0.29, 0.717) is 12.2 Å². The molecule has 5 nitrogen and oxygen atoms in total. The van der Waals surface area contributed by atoms with Crippen LogP contribution < -0.4 is 4.74 Å². The number of rotatable bonds is 6. The van der Waals surface area contributed by atoms with Gasteiger partial charge in [0.2, 0.25) is 0 Å². The molecule has 0 saturated carbocycles. The monoisotopic (exact) mass is 313 g/mol. The van der Waals surface area contributed by atoms with Gasteiger partial charge in [-0.1, -0.05) is 47.6 Å². The van der Waals surface area contributed by atoms with Gasteiger partial charge in [-0.2, -0.15) is 0 Å². The van der Waals surface area contributed by atoms with E-state index in [-0.39, 0.29) is 5.71 Å². The minimum absolute atomic E-state index is 0.126. The van der Waals surface area contributed by atoms with E-state index in [1.54, 1.807) is 12.1 Å². The lowest BCUT2D eigenvalue weighted by molar-refractivity contribution is -0.132. The summed E-state index contributed by atoms with van der Waals surface area (Å²) < 4.78 is 10.5. The Morgan fingerprint density at radius 2 is 1.74 bits per heavy atom. The van der Waals surface area contributed by atoms with Gasteiger partial charge in [-0.3, -0.25) is 0 Å². The van der Waals surface area contributed by atoms with Gasteiger partial charge in [0.05, 0.1) is 7.11 Å². The van der Waals surface area contributed by atoms with Crippen LogP contribution in [0.15, 0.2) is 53.7 Å². The van der Waals surface area contributed by atoms with Crippen LogP contribution in [0, 0.1) is 6.92 Å². The molecule has 5 heteroatoms. The average Bonchev–Trinajstić information content (AvgIpc) is 2.59. The first-order chi connectivity index (χ1) is 11.2. The number of carbonyl (C=O) groups excluding carboxylic acids is 1. The summed E-state index contributed by atoms with van der Waals surface area (Å²) in [6, 6.07) is 15.2. The maximum atomic E-state index is 11.7. The Kier molecular flexibility index (Phi) is 5.74. The molecule has 23 heavy (non-hydrogen) atoms. The van der Waals surface area contributed by atoms with Gasteiger partial charge >= 0.3 is 5.97 Å². The summed E-state index contributed by atoms with van der Waals surface area (Å²) in [5, 5.41) is 3.71. The molecule has 2 aromatic carbocycles. The third-order valence-electron chi connectivity index (χ3n) is 3.28. The lowest BCUT2D eigenvalue weighted by Gasteiger charge is -2.09. The number of aryl methyl sites for hydroxylation is 1. The molecule has 0 aromatic heterocycles. The highest BCUT2D eigenvalue weighted by molar-refractivity contribution is 6.43. The molecule has 0 aliphatic rings. The fourth-order valence-corrected chi connectivity index (χ4v) is 2.03. The standard InChI is InChI=1S/C18H19NO4/c1-13-6-4-5-7-16(13)23-12-14-8-10-15(11-9-14)17(19-22-3)18(20)21-2/h4-11H,12H2,1-3H3. The number of benzene rings is 2. The Labute approximate surface area is 135 Å². The van der Waals surface area contributed by atoms with Crippen molar-refractivity contribution in [1.82, 2.24) is 0 Å². The van der Waals surface area contributed by atoms with Crippen molar-refractivity contribution in [2.45, 2.75) is 13.5 Å². The normalized spacial score (nSPS) is 11.0. The zero-order valence-electron chi connectivity index (χ0n) is 13.4. The number of esters is 1. The third-order valence-corrected chi connectivity index (χ3v) is 3.28. The zero-order chi connectivity index (χ0) is 16.7. The SMILES string of the molecule is CON=C(C(=O)OC)c1ccc(COc2ccccc2C)cc1. The predicted molar refractivity (Wildman–Crippen MR) is 87.5 cm³/mol. The average molecular weight is 313 g/mol. The number of ether oxygens (including phenoxy) is 2. The summed E-state index contributed by atoms with van der Waals surface area (Å²) >= 11 is 0. The van der Waals surface area contributed by atoms with Crippen molar-refractivity contribution in [3.63, 3.8) is 0 Å². The van der Waals surface area contributed by atoms with Gasteiger partial charge in [-0.15, -0.1) is 0 Å². The van der Waals surface area contributed by atoms with Crippen molar-refractivity contribution in [2.75, 3.05) is 14.2 Å². The number of hydrogen-bond acceptors (Lipinski definition) is 5. The lowest BCUT2D eigenvalue weighted by Crippen LogP contribution is -2.17. The van der Waals surface area contributed by atoms with Gasteiger partial charge in [0.1, 0.15) is 19.5 Å². The first-order valence-corrected chi connectivity index (χ1v) is 7.13. The maximum Gasteiger partial charge on any atom is 0.360 e. The van der Waals surface area contributed by atoms with Gasteiger partial charge in [0.15, 0.2) is 5.71 Å². The molecule has 0 radical (unpaired) electrons. The number of nitrogens with zero attached hydrogens (tertiary/aromatic N) is 1. The largest absolute Gasteiger partial charge is 0.489 e. The van der Waals surface area contributed by atoms with Crippen LogP contribution in [0.4, 0.5) is 0 Å². The van der Waals surface area contributed by atoms with E-state index in [4.69, 9.17) is 14.3 Å². The lowest BCUT2D eigenvalue weighted by atomic mass is 10.1. The molecule has 0 aliphatic heterocycles. The van der Waals surface area contributed by atoms with Gasteiger partial charge in [-0.25, -0.2) is 4.79 Å². The summed E-state index contributed by atoms with van der Waals surface area (Å²) in [4.78, 5) is 16.4. The topological polar surface area (TPSA) is 57.1 Å². The number of para-hydroxylation sites is 1. The second-order valence-corrected chi connectivity index (χ2v) is 4.87. The van der Waals surface area contributed by atoms with E-state index in [1.165, 1.54) is 14.2 Å². The van der Waals surface area contributed by atoms with Crippen LogP contribution in [0.25, 0.3) is 0 Å². The molecule has 0 spiro atoms. The first kappa shape index (κ1) is 16.5. The Balaban J connectivity index is 2.08. The molecule has 0 atom stereocenters. The van der Waals surface area contributed by atoms with E-state index in [1.807, 2.05) is 43.3 Å². The third kappa shape index (κ3) is 4.32. The minimum Gasteiger partial charge on any atom is -0.489 e. The highest BCUT2D eigenvalue weighted by Gasteiger charge is 2.15. The summed E-state index contributed by atoms with van der Waals surface area (Å²) in [5.41, 5.74) is 2.82. The van der Waals surface area contributed by atoms with Gasteiger partial charge in [-0.05, 0) is 24.1 Å². The molecule has 2 rings (SSSR count). The molecule has 0 fully saturated rings. The quantitative estimate of drug-likeness (QED) is 0.467. The van der Waals surface area contributed by atoms with E-state index in [9.17, 15) is 4.79 Å². The zero-order valence-corrected chi connectivity index (χ0v) is 13.4. The van der Waals surface area contributed by atoms with Crippen molar-refractivity contribution in [3.8, 4) is 5.75 Å². The van der Waals surface area contributed by atoms with Gasteiger partial charge in [0, 0.05) is 5.56 Å². The van der Waals surface area contributed by atoms with Crippen molar-refractivity contribution >= 4 is 11.7 Å². The van der Waals surface area contributed by atoms with Crippen LogP contribution in [0.1, 0.15) is 16.7 Å². The van der Waals surface area contributed by atoms with E-state index in [0.717, 1.165) is 16.9 Å². The number of oxime groups is 1. The number of carbonyl (C=O) groups is 1. The maximum absolute atomic E-state index is 11.7. The smallest absolute Gasteiger partial charge is 0.360 e. The van der Waals surface area contributed by atoms with Crippen LogP contribution in [0.5, 0.6) is 5.75 Å². The molecule has 0 heterocycles. The first-order valence-electron chi connectivity index (χ1n) is 7.13. The molecule has 0 N–H and O–H groups in total. The molecule has 2 aromatic rings. The van der Waals surface area contributed by atoms with Crippen LogP contribution >= 0.6 is 0 Å². The summed E-state index contributed by atoms with van der Waals surface area (Å²) in [6.45, 7) is 2.45. The molecular weight excluding hydrogens is 294 g/mol. The highest BCUT2D eigenvalue weighted by Crippen LogP contribution is 2.18. The van der Waals surface area contributed by atoms with Crippen molar-refractivity contribution in [3.05, 3.63) is 65.2 Å². The minimum atomic E-state index is -0.546. The second kappa shape index (κ2) is 7.98. The van der Waals surface area contributed by atoms with Gasteiger partial charge in [0.25, 0.3) is 0 Å². The molecule has 120 valence electrons. The van der Waals surface area contributed by atoms with Crippen molar-refractivity contribution in [1.29, 1.82) is 0 Å². The molecular formula is C18H19NO4. The predicted octanol–water partition coefficient (Wildman–Crippen LogP) is 3.10. The van der Waals surface area contributed by atoms with Crippen molar-refractivity contribution in [2.24, 2.45) is 5.16 Å². The van der Waals surface area contributed by atoms with Crippen LogP contribution in [0.2, 0.25) is 0 Å². The van der Waals surface area contributed by atoms with E-state index < -0.39 is 5.97 Å². The molecule has 0 bridgehead atoms. The number of hydrogen-bond donors (Lipinski definition) is 0. The van der Waals surface area contributed by atoms with Crippen LogP contribution in [-0.4, -0.2) is 25.9 Å². The molecule has 0 saturated heterocycles. The van der Waals surface area contributed by atoms with E-state index in [2.05, 4.69) is 5.16 Å². The summed E-state index contributed by atoms with van der Waals surface area (Å²) in [6.07, 6.45) is 0. The Hall–Kier alpha value is -2.82. The fourth-order valence-electron chi connectivity index (χ4n) is 2.03. The Morgan fingerprint density at radius 3 is 2.35 bits per heavy atom. The highest BCUT2D eigenvalue weighted by atomic mass is 16.6.